The van der Waals surface area contributed by atoms with Crippen molar-refractivity contribution in [3.8, 4) is 0 Å². The lowest BCUT2D eigenvalue weighted by Crippen LogP contribution is -2.54. The van der Waals surface area contributed by atoms with Crippen LogP contribution in [-0.2, 0) is 10.0 Å². The molecule has 0 heterocycles. The second-order valence-electron chi connectivity index (χ2n) is 5.53. The summed E-state index contributed by atoms with van der Waals surface area (Å²) in [5, 5.41) is 0. The van der Waals surface area contributed by atoms with Crippen molar-refractivity contribution in [2.45, 2.75) is 49.5 Å². The Bertz CT molecular complexity index is 522. The third-order valence-corrected chi connectivity index (χ3v) is 6.22. The van der Waals surface area contributed by atoms with Gasteiger partial charge in [-0.15, -0.1) is 0 Å². The molecule has 0 radical (unpaired) electrons. The maximum Gasteiger partial charge on any atom is 0.243 e. The van der Waals surface area contributed by atoms with Gasteiger partial charge in [-0.3, -0.25) is 0 Å². The molecule has 2 N–H and O–H groups in total. The van der Waals surface area contributed by atoms with Gasteiger partial charge in [-0.05, 0) is 31.4 Å². The van der Waals surface area contributed by atoms with Crippen LogP contribution in [0.25, 0.3) is 0 Å². The zero-order chi connectivity index (χ0) is 14.6. The molecule has 0 aliphatic heterocycles. The molecule has 112 valence electrons. The van der Waals surface area contributed by atoms with Crippen LogP contribution in [0.1, 0.15) is 39.0 Å². The van der Waals surface area contributed by atoms with E-state index in [4.69, 9.17) is 5.73 Å². The third kappa shape index (κ3) is 2.75. The number of nitrogens with two attached hydrogens (primary N) is 1. The molecule has 2 rings (SSSR count). The quantitative estimate of drug-likeness (QED) is 0.876. The minimum absolute atomic E-state index is 0.369. The standard InChI is InChI=1S/C15H24N2O2S/c1-2-12-17(15(13-16)10-6-7-11-15)20(18,19)14-8-4-3-5-9-14/h3-5,8-9H,2,6-7,10-13,16H2,1H3. The molecule has 0 bridgehead atoms. The molecule has 1 aromatic rings. The van der Waals surface area contributed by atoms with Gasteiger partial charge < -0.3 is 5.73 Å². The second kappa shape index (κ2) is 6.24. The van der Waals surface area contributed by atoms with Crippen molar-refractivity contribution in [3.05, 3.63) is 30.3 Å². The number of rotatable bonds is 6. The molecule has 1 aliphatic rings. The topological polar surface area (TPSA) is 63.4 Å². The highest BCUT2D eigenvalue weighted by Gasteiger charge is 2.44. The van der Waals surface area contributed by atoms with E-state index in [1.54, 1.807) is 28.6 Å². The van der Waals surface area contributed by atoms with Crippen molar-refractivity contribution in [2.75, 3.05) is 13.1 Å². The molecular weight excluding hydrogens is 272 g/mol. The first-order chi connectivity index (χ1) is 9.57. The number of nitrogens with zero attached hydrogens (tertiary/aromatic N) is 1. The van der Waals surface area contributed by atoms with E-state index in [2.05, 4.69) is 0 Å². The highest BCUT2D eigenvalue weighted by Crippen LogP contribution is 2.38. The molecule has 4 nitrogen and oxygen atoms in total. The summed E-state index contributed by atoms with van der Waals surface area (Å²) >= 11 is 0. The highest BCUT2D eigenvalue weighted by molar-refractivity contribution is 7.89. The summed E-state index contributed by atoms with van der Waals surface area (Å²) in [5.74, 6) is 0. The van der Waals surface area contributed by atoms with E-state index in [9.17, 15) is 8.42 Å². The van der Waals surface area contributed by atoms with Gasteiger partial charge in [-0.2, -0.15) is 4.31 Å². The molecule has 1 fully saturated rings. The van der Waals surface area contributed by atoms with Gasteiger partial charge in [-0.25, -0.2) is 8.42 Å². The first-order valence-corrected chi connectivity index (χ1v) is 8.79. The smallest absolute Gasteiger partial charge is 0.243 e. The van der Waals surface area contributed by atoms with Crippen LogP contribution in [0.15, 0.2) is 35.2 Å². The van der Waals surface area contributed by atoms with Gasteiger partial charge in [0.2, 0.25) is 10.0 Å². The van der Waals surface area contributed by atoms with Crippen LogP contribution in [0.2, 0.25) is 0 Å². The van der Waals surface area contributed by atoms with Gasteiger partial charge in [0, 0.05) is 18.6 Å². The van der Waals surface area contributed by atoms with Crippen molar-refractivity contribution in [2.24, 2.45) is 5.73 Å². The van der Waals surface area contributed by atoms with E-state index in [-0.39, 0.29) is 5.54 Å². The van der Waals surface area contributed by atoms with Gasteiger partial charge in [0.15, 0.2) is 0 Å². The Balaban J connectivity index is 2.42. The average molecular weight is 296 g/mol. The van der Waals surface area contributed by atoms with Crippen LogP contribution >= 0.6 is 0 Å². The monoisotopic (exact) mass is 296 g/mol. The van der Waals surface area contributed by atoms with Crippen LogP contribution in [0, 0.1) is 0 Å². The van der Waals surface area contributed by atoms with Gasteiger partial charge in [-0.1, -0.05) is 38.0 Å². The zero-order valence-electron chi connectivity index (χ0n) is 12.1. The van der Waals surface area contributed by atoms with Crippen molar-refractivity contribution in [1.29, 1.82) is 0 Å². The second-order valence-corrected chi connectivity index (χ2v) is 7.39. The predicted molar refractivity (Wildman–Crippen MR) is 80.9 cm³/mol. The van der Waals surface area contributed by atoms with Crippen molar-refractivity contribution in [1.82, 2.24) is 4.31 Å². The van der Waals surface area contributed by atoms with Gasteiger partial charge in [0.05, 0.1) is 4.90 Å². The Morgan fingerprint density at radius 3 is 2.30 bits per heavy atom. The number of sulfonamides is 1. The van der Waals surface area contributed by atoms with Gasteiger partial charge in [0.1, 0.15) is 0 Å². The summed E-state index contributed by atoms with van der Waals surface area (Å²) in [5.41, 5.74) is 5.58. The molecule has 0 spiro atoms. The fraction of sp³-hybridized carbons (Fsp3) is 0.600. The van der Waals surface area contributed by atoms with Crippen molar-refractivity contribution >= 4 is 10.0 Å². The summed E-state index contributed by atoms with van der Waals surface area (Å²) in [6.07, 6.45) is 4.66. The Morgan fingerprint density at radius 1 is 1.20 bits per heavy atom. The van der Waals surface area contributed by atoms with E-state index >= 15 is 0 Å². The SMILES string of the molecule is CCCN(C1(CN)CCCC1)S(=O)(=O)c1ccccc1. The maximum absolute atomic E-state index is 12.9. The molecule has 20 heavy (non-hydrogen) atoms. The molecule has 0 aromatic heterocycles. The molecular formula is C15H24N2O2S. The van der Waals surface area contributed by atoms with E-state index in [0.29, 0.717) is 18.0 Å². The molecule has 0 saturated heterocycles. The molecule has 1 aliphatic carbocycles. The predicted octanol–water partition coefficient (Wildman–Crippen LogP) is 2.36. The Morgan fingerprint density at radius 2 is 1.80 bits per heavy atom. The minimum atomic E-state index is -3.46. The van der Waals surface area contributed by atoms with Crippen LogP contribution in [0.4, 0.5) is 0 Å². The average Bonchev–Trinajstić information content (AvgIpc) is 2.95. The maximum atomic E-state index is 12.9. The van der Waals surface area contributed by atoms with Crippen LogP contribution < -0.4 is 5.73 Å². The van der Waals surface area contributed by atoms with Gasteiger partial charge in [0.25, 0.3) is 0 Å². The van der Waals surface area contributed by atoms with E-state index in [1.165, 1.54) is 0 Å². The normalized spacial score (nSPS) is 18.6. The lowest BCUT2D eigenvalue weighted by Gasteiger charge is -2.39. The molecule has 0 amide bonds. The summed E-state index contributed by atoms with van der Waals surface area (Å²) < 4.78 is 27.6. The zero-order valence-corrected chi connectivity index (χ0v) is 12.9. The third-order valence-electron chi connectivity index (χ3n) is 4.20. The van der Waals surface area contributed by atoms with E-state index in [0.717, 1.165) is 32.1 Å². The minimum Gasteiger partial charge on any atom is -0.329 e. The fourth-order valence-corrected chi connectivity index (χ4v) is 5.07. The number of hydrogen-bond donors (Lipinski definition) is 1. The Hall–Kier alpha value is -0.910. The summed E-state index contributed by atoms with van der Waals surface area (Å²) in [7, 11) is -3.46. The summed E-state index contributed by atoms with van der Waals surface area (Å²) in [6.45, 7) is 2.94. The molecule has 1 saturated carbocycles. The molecule has 5 heteroatoms. The van der Waals surface area contributed by atoms with Crippen LogP contribution in [0.5, 0.6) is 0 Å². The Labute approximate surface area is 122 Å². The Kier molecular flexibility index (Phi) is 4.83. The highest BCUT2D eigenvalue weighted by atomic mass is 32.2. The van der Waals surface area contributed by atoms with Crippen LogP contribution in [0.3, 0.4) is 0 Å². The fourth-order valence-electron chi connectivity index (χ4n) is 3.12. The first kappa shape index (κ1) is 15.5. The van der Waals surface area contributed by atoms with Crippen molar-refractivity contribution < 1.29 is 8.42 Å². The van der Waals surface area contributed by atoms with Crippen LogP contribution in [-0.4, -0.2) is 31.4 Å². The van der Waals surface area contributed by atoms with E-state index in [1.807, 2.05) is 13.0 Å². The molecule has 1 aromatic carbocycles. The lowest BCUT2D eigenvalue weighted by molar-refractivity contribution is 0.197. The molecule has 0 unspecified atom stereocenters. The molecule has 0 atom stereocenters. The lowest BCUT2D eigenvalue weighted by atomic mass is 9.98. The first-order valence-electron chi connectivity index (χ1n) is 7.35. The van der Waals surface area contributed by atoms with Crippen molar-refractivity contribution in [3.63, 3.8) is 0 Å². The summed E-state index contributed by atoms with van der Waals surface area (Å²) in [4.78, 5) is 0.369. The van der Waals surface area contributed by atoms with E-state index < -0.39 is 10.0 Å². The van der Waals surface area contributed by atoms with Gasteiger partial charge >= 0.3 is 0 Å². The largest absolute Gasteiger partial charge is 0.329 e. The summed E-state index contributed by atoms with van der Waals surface area (Å²) in [6, 6.07) is 8.69. The number of benzene rings is 1. The number of hydrogen-bond acceptors (Lipinski definition) is 3.